The van der Waals surface area contributed by atoms with Crippen molar-refractivity contribution in [3.05, 3.63) is 21.7 Å². The van der Waals surface area contributed by atoms with Gasteiger partial charge in [0, 0.05) is 0 Å². The van der Waals surface area contributed by atoms with E-state index in [4.69, 9.17) is 33.7 Å². The predicted molar refractivity (Wildman–Crippen MR) is 52.2 cm³/mol. The van der Waals surface area contributed by atoms with Gasteiger partial charge in [-0.2, -0.15) is 0 Å². The van der Waals surface area contributed by atoms with Crippen molar-refractivity contribution < 1.29 is 4.74 Å². The first-order chi connectivity index (χ1) is 5.57. The van der Waals surface area contributed by atoms with Gasteiger partial charge in [0.05, 0.1) is 17.8 Å². The van der Waals surface area contributed by atoms with E-state index in [1.807, 2.05) is 6.92 Å². The molecular formula is C8H9Cl2NO. The van der Waals surface area contributed by atoms with E-state index in [1.54, 1.807) is 6.07 Å². The number of hydrogen-bond acceptors (Lipinski definition) is 2. The molecule has 1 aromatic rings. The first kappa shape index (κ1) is 9.49. The Bertz CT molecular complexity index is 312. The van der Waals surface area contributed by atoms with E-state index in [2.05, 4.69) is 0 Å². The van der Waals surface area contributed by atoms with Gasteiger partial charge in [-0.25, -0.2) is 0 Å². The highest BCUT2D eigenvalue weighted by Gasteiger charge is 2.11. The number of halogens is 2. The summed E-state index contributed by atoms with van der Waals surface area (Å²) in [5.74, 6) is 0.432. The molecule has 1 aromatic carbocycles. The van der Waals surface area contributed by atoms with Crippen LogP contribution in [0.1, 0.15) is 5.56 Å². The first-order valence-electron chi connectivity index (χ1n) is 3.36. The number of ether oxygens (including phenoxy) is 1. The second-order valence-corrected chi connectivity index (χ2v) is 3.22. The van der Waals surface area contributed by atoms with Gasteiger partial charge in [0.25, 0.3) is 0 Å². The Morgan fingerprint density at radius 1 is 1.42 bits per heavy atom. The van der Waals surface area contributed by atoms with E-state index in [0.29, 0.717) is 21.5 Å². The fraction of sp³-hybridized carbons (Fsp3) is 0.250. The predicted octanol–water partition coefficient (Wildman–Crippen LogP) is 2.89. The summed E-state index contributed by atoms with van der Waals surface area (Å²) in [5, 5.41) is 0.858. The molecule has 0 saturated carbocycles. The van der Waals surface area contributed by atoms with Gasteiger partial charge in [-0.3, -0.25) is 0 Å². The average molecular weight is 206 g/mol. The first-order valence-corrected chi connectivity index (χ1v) is 4.11. The van der Waals surface area contributed by atoms with Gasteiger partial charge in [-0.05, 0) is 18.6 Å². The average Bonchev–Trinajstić information content (AvgIpc) is 2.01. The molecule has 2 nitrogen and oxygen atoms in total. The lowest BCUT2D eigenvalue weighted by Crippen LogP contribution is -1.94. The molecule has 1 rings (SSSR count). The summed E-state index contributed by atoms with van der Waals surface area (Å²) >= 11 is 11.7. The van der Waals surface area contributed by atoms with Crippen molar-refractivity contribution in [1.29, 1.82) is 0 Å². The number of methoxy groups -OCH3 is 1. The van der Waals surface area contributed by atoms with Gasteiger partial charge in [0.1, 0.15) is 5.02 Å². The number of anilines is 1. The normalized spacial score (nSPS) is 10.0. The monoisotopic (exact) mass is 205 g/mol. The molecule has 12 heavy (non-hydrogen) atoms. The number of rotatable bonds is 1. The van der Waals surface area contributed by atoms with E-state index in [1.165, 1.54) is 7.11 Å². The SMILES string of the molecule is COc1c(Cl)cc(C)c(N)c1Cl. The fourth-order valence-corrected chi connectivity index (χ4v) is 1.63. The maximum absolute atomic E-state index is 5.87. The Kier molecular flexibility index (Phi) is 2.70. The van der Waals surface area contributed by atoms with E-state index in [9.17, 15) is 0 Å². The lowest BCUT2D eigenvalue weighted by molar-refractivity contribution is 0.415. The zero-order valence-electron chi connectivity index (χ0n) is 6.82. The molecule has 0 aliphatic heterocycles. The molecule has 0 unspecified atom stereocenters. The minimum absolute atomic E-state index is 0.377. The lowest BCUT2D eigenvalue weighted by Gasteiger charge is -2.09. The van der Waals surface area contributed by atoms with Crippen molar-refractivity contribution in [3.63, 3.8) is 0 Å². The largest absolute Gasteiger partial charge is 0.494 e. The Morgan fingerprint density at radius 3 is 2.50 bits per heavy atom. The van der Waals surface area contributed by atoms with Gasteiger partial charge in [-0.1, -0.05) is 23.2 Å². The molecule has 0 aromatic heterocycles. The number of nitrogens with two attached hydrogens (primary N) is 1. The molecule has 2 N–H and O–H groups in total. The van der Waals surface area contributed by atoms with Crippen LogP contribution in [0.4, 0.5) is 5.69 Å². The van der Waals surface area contributed by atoms with Crippen LogP contribution >= 0.6 is 23.2 Å². The Hall–Kier alpha value is -0.600. The molecule has 4 heteroatoms. The third-order valence-corrected chi connectivity index (χ3v) is 2.28. The number of hydrogen-bond donors (Lipinski definition) is 1. The molecule has 0 aliphatic rings. The summed E-state index contributed by atoms with van der Waals surface area (Å²) in [4.78, 5) is 0. The molecule has 0 bridgehead atoms. The lowest BCUT2D eigenvalue weighted by atomic mass is 10.2. The van der Waals surface area contributed by atoms with Gasteiger partial charge in [0.15, 0.2) is 5.75 Å². The van der Waals surface area contributed by atoms with Crippen molar-refractivity contribution in [2.24, 2.45) is 0 Å². The molecular weight excluding hydrogens is 197 g/mol. The topological polar surface area (TPSA) is 35.2 Å². The smallest absolute Gasteiger partial charge is 0.158 e. The van der Waals surface area contributed by atoms with Crippen molar-refractivity contribution in [2.75, 3.05) is 12.8 Å². The minimum atomic E-state index is 0.377. The minimum Gasteiger partial charge on any atom is -0.494 e. The molecule has 0 aliphatic carbocycles. The second kappa shape index (κ2) is 3.42. The molecule has 0 saturated heterocycles. The molecule has 0 spiro atoms. The van der Waals surface area contributed by atoms with E-state index >= 15 is 0 Å². The summed E-state index contributed by atoms with van der Waals surface area (Å²) in [6, 6.07) is 1.72. The highest BCUT2D eigenvalue weighted by Crippen LogP contribution is 2.38. The Labute approximate surface area is 81.2 Å². The second-order valence-electron chi connectivity index (χ2n) is 2.44. The highest BCUT2D eigenvalue weighted by molar-refractivity contribution is 6.39. The van der Waals surface area contributed by atoms with E-state index < -0.39 is 0 Å². The van der Waals surface area contributed by atoms with Crippen LogP contribution in [-0.4, -0.2) is 7.11 Å². The van der Waals surface area contributed by atoms with Gasteiger partial charge >= 0.3 is 0 Å². The molecule has 0 heterocycles. The summed E-state index contributed by atoms with van der Waals surface area (Å²) in [5.41, 5.74) is 7.02. The highest BCUT2D eigenvalue weighted by atomic mass is 35.5. The van der Waals surface area contributed by atoms with Crippen LogP contribution in [0.5, 0.6) is 5.75 Å². The van der Waals surface area contributed by atoms with Crippen LogP contribution in [0.25, 0.3) is 0 Å². The standard InChI is InChI=1S/C8H9Cl2NO/c1-4-3-5(9)8(12-2)6(10)7(4)11/h3H,11H2,1-2H3. The summed E-state index contributed by atoms with van der Waals surface area (Å²) < 4.78 is 4.97. The van der Waals surface area contributed by atoms with Gasteiger partial charge in [-0.15, -0.1) is 0 Å². The summed E-state index contributed by atoms with van der Waals surface area (Å²) in [6.07, 6.45) is 0. The number of nitrogen functional groups attached to an aromatic ring is 1. The fourth-order valence-electron chi connectivity index (χ4n) is 0.921. The van der Waals surface area contributed by atoms with Crippen molar-refractivity contribution in [3.8, 4) is 5.75 Å². The quantitative estimate of drug-likeness (QED) is 0.717. The molecule has 0 fully saturated rings. The van der Waals surface area contributed by atoms with Gasteiger partial charge in [0.2, 0.25) is 0 Å². The van der Waals surface area contributed by atoms with Crippen molar-refractivity contribution in [1.82, 2.24) is 0 Å². The van der Waals surface area contributed by atoms with Crippen LogP contribution in [0, 0.1) is 6.92 Å². The molecule has 0 atom stereocenters. The third-order valence-electron chi connectivity index (χ3n) is 1.62. The Morgan fingerprint density at radius 2 is 2.00 bits per heavy atom. The maximum Gasteiger partial charge on any atom is 0.158 e. The molecule has 0 amide bonds. The summed E-state index contributed by atoms with van der Waals surface area (Å²) in [7, 11) is 1.50. The third kappa shape index (κ3) is 1.45. The van der Waals surface area contributed by atoms with Crippen LogP contribution in [0.3, 0.4) is 0 Å². The number of aryl methyl sites for hydroxylation is 1. The van der Waals surface area contributed by atoms with Crippen LogP contribution < -0.4 is 10.5 Å². The molecule has 66 valence electrons. The zero-order chi connectivity index (χ0) is 9.30. The van der Waals surface area contributed by atoms with Crippen LogP contribution in [-0.2, 0) is 0 Å². The maximum atomic E-state index is 5.87. The number of benzene rings is 1. The van der Waals surface area contributed by atoms with Crippen LogP contribution in [0.2, 0.25) is 10.0 Å². The van der Waals surface area contributed by atoms with E-state index in [-0.39, 0.29) is 0 Å². The van der Waals surface area contributed by atoms with Crippen molar-refractivity contribution in [2.45, 2.75) is 6.92 Å². The van der Waals surface area contributed by atoms with Crippen molar-refractivity contribution >= 4 is 28.9 Å². The van der Waals surface area contributed by atoms with Gasteiger partial charge < -0.3 is 10.5 Å². The Balaban J connectivity index is 3.40. The van der Waals surface area contributed by atoms with Crippen LogP contribution in [0.15, 0.2) is 6.07 Å². The zero-order valence-corrected chi connectivity index (χ0v) is 8.33. The van der Waals surface area contributed by atoms with E-state index in [0.717, 1.165) is 5.56 Å². The summed E-state index contributed by atoms with van der Waals surface area (Å²) in [6.45, 7) is 1.84. The molecule has 0 radical (unpaired) electrons.